The van der Waals surface area contributed by atoms with E-state index in [9.17, 15) is 9.59 Å². The van der Waals surface area contributed by atoms with E-state index < -0.39 is 0 Å². The molecule has 2 amide bonds. The maximum atomic E-state index is 12.1. The monoisotopic (exact) mass is 334 g/mol. The molecule has 0 spiro atoms. The van der Waals surface area contributed by atoms with Gasteiger partial charge in [-0.05, 0) is 25.5 Å². The third-order valence-corrected chi connectivity index (χ3v) is 5.07. The van der Waals surface area contributed by atoms with Gasteiger partial charge in [-0.15, -0.1) is 11.8 Å². The Balaban J connectivity index is 1.83. The van der Waals surface area contributed by atoms with E-state index in [1.165, 1.54) is 12.8 Å². The van der Waals surface area contributed by atoms with E-state index in [1.807, 2.05) is 31.2 Å². The van der Waals surface area contributed by atoms with Gasteiger partial charge >= 0.3 is 0 Å². The van der Waals surface area contributed by atoms with Crippen LogP contribution in [0.25, 0.3) is 0 Å². The molecule has 126 valence electrons. The SMILES string of the molecule is CCCCCC(C)NC(=O)CCN1C(=O)CSc2ccccc21. The normalized spacial score (nSPS) is 15.2. The molecular formula is C18H26N2O2S. The van der Waals surface area contributed by atoms with Crippen LogP contribution in [-0.2, 0) is 9.59 Å². The van der Waals surface area contributed by atoms with Crippen molar-refractivity contribution < 1.29 is 9.59 Å². The molecule has 0 aromatic heterocycles. The fourth-order valence-electron chi connectivity index (χ4n) is 2.73. The molecule has 1 aromatic rings. The van der Waals surface area contributed by atoms with Gasteiger partial charge in [0.15, 0.2) is 0 Å². The number of carbonyl (C=O) groups excluding carboxylic acids is 2. The summed E-state index contributed by atoms with van der Waals surface area (Å²) in [6.07, 6.45) is 4.91. The van der Waals surface area contributed by atoms with Crippen LogP contribution in [0.5, 0.6) is 0 Å². The minimum Gasteiger partial charge on any atom is -0.354 e. The number of carbonyl (C=O) groups is 2. The molecule has 1 aromatic carbocycles. The van der Waals surface area contributed by atoms with Crippen molar-refractivity contribution in [1.82, 2.24) is 5.32 Å². The molecule has 0 aliphatic carbocycles. The first-order valence-electron chi connectivity index (χ1n) is 8.43. The number of rotatable bonds is 8. The third-order valence-electron chi connectivity index (χ3n) is 4.02. The first-order valence-corrected chi connectivity index (χ1v) is 9.42. The van der Waals surface area contributed by atoms with Gasteiger partial charge in [0.1, 0.15) is 0 Å². The summed E-state index contributed by atoms with van der Waals surface area (Å²) >= 11 is 1.56. The smallest absolute Gasteiger partial charge is 0.237 e. The lowest BCUT2D eigenvalue weighted by Gasteiger charge is -2.28. The number of amides is 2. The van der Waals surface area contributed by atoms with Crippen molar-refractivity contribution in [3.8, 4) is 0 Å². The molecule has 1 aliphatic rings. The van der Waals surface area contributed by atoms with Gasteiger partial charge in [0.25, 0.3) is 0 Å². The first-order chi connectivity index (χ1) is 11.1. The molecule has 1 atom stereocenters. The standard InChI is InChI=1S/C18H26N2O2S/c1-3-4-5-8-14(2)19-17(21)11-12-20-15-9-6-7-10-16(15)23-13-18(20)22/h6-7,9-10,14H,3-5,8,11-13H2,1-2H3,(H,19,21). The molecule has 0 fully saturated rings. The first kappa shape index (κ1) is 17.9. The molecule has 5 heteroatoms. The second-order valence-electron chi connectivity index (χ2n) is 6.02. The summed E-state index contributed by atoms with van der Waals surface area (Å²) in [5, 5.41) is 3.04. The summed E-state index contributed by atoms with van der Waals surface area (Å²) in [5.74, 6) is 0.557. The molecule has 2 rings (SSSR count). The molecule has 0 saturated heterocycles. The van der Waals surface area contributed by atoms with E-state index in [0.29, 0.717) is 18.7 Å². The zero-order valence-electron chi connectivity index (χ0n) is 14.0. The molecule has 0 radical (unpaired) electrons. The fraction of sp³-hybridized carbons (Fsp3) is 0.556. The highest BCUT2D eigenvalue weighted by molar-refractivity contribution is 8.00. The largest absolute Gasteiger partial charge is 0.354 e. The summed E-state index contributed by atoms with van der Waals surface area (Å²) < 4.78 is 0. The Hall–Kier alpha value is -1.49. The van der Waals surface area contributed by atoms with Gasteiger partial charge < -0.3 is 10.2 Å². The predicted octanol–water partition coefficient (Wildman–Crippen LogP) is 3.60. The molecule has 1 unspecified atom stereocenters. The van der Waals surface area contributed by atoms with Gasteiger partial charge in [0.2, 0.25) is 11.8 Å². The molecule has 23 heavy (non-hydrogen) atoms. The lowest BCUT2D eigenvalue weighted by atomic mass is 10.1. The molecule has 1 aliphatic heterocycles. The molecule has 0 bridgehead atoms. The van der Waals surface area contributed by atoms with Crippen LogP contribution < -0.4 is 10.2 Å². The Labute approximate surface area is 143 Å². The van der Waals surface area contributed by atoms with Gasteiger partial charge in [0, 0.05) is 23.9 Å². The molecule has 1 N–H and O–H groups in total. The third kappa shape index (κ3) is 5.27. The molecule has 1 heterocycles. The van der Waals surface area contributed by atoms with Crippen molar-refractivity contribution >= 4 is 29.3 Å². The van der Waals surface area contributed by atoms with E-state index in [2.05, 4.69) is 12.2 Å². The van der Waals surface area contributed by atoms with Gasteiger partial charge in [-0.2, -0.15) is 0 Å². The number of nitrogens with zero attached hydrogens (tertiary/aromatic N) is 1. The van der Waals surface area contributed by atoms with Gasteiger partial charge in [0.05, 0.1) is 11.4 Å². The van der Waals surface area contributed by atoms with Crippen molar-refractivity contribution in [2.24, 2.45) is 0 Å². The van der Waals surface area contributed by atoms with Crippen LogP contribution in [0.2, 0.25) is 0 Å². The van der Waals surface area contributed by atoms with Crippen LogP contribution in [0.15, 0.2) is 29.2 Å². The minimum atomic E-state index is 0.0255. The Morgan fingerprint density at radius 1 is 1.35 bits per heavy atom. The number of nitrogens with one attached hydrogen (secondary N) is 1. The second kappa shape index (κ2) is 8.96. The highest BCUT2D eigenvalue weighted by Crippen LogP contribution is 2.34. The van der Waals surface area contributed by atoms with Crippen molar-refractivity contribution in [3.05, 3.63) is 24.3 Å². The van der Waals surface area contributed by atoms with Crippen LogP contribution in [0.1, 0.15) is 46.0 Å². The van der Waals surface area contributed by atoms with E-state index in [0.717, 1.165) is 23.4 Å². The van der Waals surface area contributed by atoms with Crippen molar-refractivity contribution in [1.29, 1.82) is 0 Å². The predicted molar refractivity (Wildman–Crippen MR) is 95.9 cm³/mol. The maximum absolute atomic E-state index is 12.1. The lowest BCUT2D eigenvalue weighted by molar-refractivity contribution is -0.121. The van der Waals surface area contributed by atoms with Crippen LogP contribution in [-0.4, -0.2) is 30.2 Å². The average Bonchev–Trinajstić information content (AvgIpc) is 2.54. The number of hydrogen-bond acceptors (Lipinski definition) is 3. The summed E-state index contributed by atoms with van der Waals surface area (Å²) in [4.78, 5) is 27.1. The van der Waals surface area contributed by atoms with E-state index in [4.69, 9.17) is 0 Å². The van der Waals surface area contributed by atoms with E-state index >= 15 is 0 Å². The molecule has 0 saturated carbocycles. The van der Waals surface area contributed by atoms with E-state index in [-0.39, 0.29) is 17.9 Å². The summed E-state index contributed by atoms with van der Waals surface area (Å²) in [5.41, 5.74) is 0.928. The topological polar surface area (TPSA) is 49.4 Å². The summed E-state index contributed by atoms with van der Waals surface area (Å²) in [6.45, 7) is 4.67. The Kier molecular flexibility index (Phi) is 6.96. The van der Waals surface area contributed by atoms with E-state index in [1.54, 1.807) is 16.7 Å². The van der Waals surface area contributed by atoms with Crippen molar-refractivity contribution in [2.45, 2.75) is 56.9 Å². The highest BCUT2D eigenvalue weighted by Gasteiger charge is 2.24. The number of benzene rings is 1. The fourth-order valence-corrected chi connectivity index (χ4v) is 3.67. The number of hydrogen-bond donors (Lipinski definition) is 1. The van der Waals surface area contributed by atoms with Gasteiger partial charge in [-0.25, -0.2) is 0 Å². The number of para-hydroxylation sites is 1. The Morgan fingerprint density at radius 2 is 2.13 bits per heavy atom. The number of thioether (sulfide) groups is 1. The maximum Gasteiger partial charge on any atom is 0.237 e. The average molecular weight is 334 g/mol. The zero-order valence-corrected chi connectivity index (χ0v) is 14.8. The van der Waals surface area contributed by atoms with Crippen LogP contribution in [0, 0.1) is 0 Å². The van der Waals surface area contributed by atoms with Crippen molar-refractivity contribution in [2.75, 3.05) is 17.2 Å². The van der Waals surface area contributed by atoms with Crippen LogP contribution >= 0.6 is 11.8 Å². The minimum absolute atomic E-state index is 0.0255. The summed E-state index contributed by atoms with van der Waals surface area (Å²) in [6, 6.07) is 8.08. The quantitative estimate of drug-likeness (QED) is 0.739. The Morgan fingerprint density at radius 3 is 2.91 bits per heavy atom. The van der Waals surface area contributed by atoms with Crippen LogP contribution in [0.3, 0.4) is 0 Å². The number of fused-ring (bicyclic) bond motifs is 1. The number of unbranched alkanes of at least 4 members (excludes halogenated alkanes) is 2. The van der Waals surface area contributed by atoms with Gasteiger partial charge in [-0.3, -0.25) is 9.59 Å². The van der Waals surface area contributed by atoms with Crippen LogP contribution in [0.4, 0.5) is 5.69 Å². The second-order valence-corrected chi connectivity index (χ2v) is 7.03. The summed E-state index contributed by atoms with van der Waals surface area (Å²) in [7, 11) is 0. The zero-order chi connectivity index (χ0) is 16.7. The molecule has 4 nitrogen and oxygen atoms in total. The number of anilines is 1. The molecular weight excluding hydrogens is 308 g/mol. The lowest BCUT2D eigenvalue weighted by Crippen LogP contribution is -2.40. The Bertz CT molecular complexity index is 548. The van der Waals surface area contributed by atoms with Gasteiger partial charge in [-0.1, -0.05) is 38.3 Å². The van der Waals surface area contributed by atoms with Crippen molar-refractivity contribution in [3.63, 3.8) is 0 Å². The highest BCUT2D eigenvalue weighted by atomic mass is 32.2.